The maximum absolute atomic E-state index is 13.5. The van der Waals surface area contributed by atoms with Crippen LogP contribution in [0.4, 0.5) is 22.1 Å². The molecule has 228 valence electrons. The summed E-state index contributed by atoms with van der Waals surface area (Å²) in [5, 5.41) is 8.36. The summed E-state index contributed by atoms with van der Waals surface area (Å²) in [6.45, 7) is 7.22. The lowest BCUT2D eigenvalue weighted by atomic mass is 10.2. The number of hydrogen-bond acceptors (Lipinski definition) is 11. The Labute approximate surface area is 249 Å². The minimum atomic E-state index is -3.64. The number of fused-ring (bicyclic) bond motifs is 2. The molecule has 3 aromatic rings. The number of hydrogen-bond donors (Lipinski definition) is 3. The van der Waals surface area contributed by atoms with Crippen LogP contribution in [0.3, 0.4) is 0 Å². The summed E-state index contributed by atoms with van der Waals surface area (Å²) in [4.78, 5) is 47.6. The van der Waals surface area contributed by atoms with Crippen LogP contribution in [0.25, 0.3) is 0 Å². The van der Waals surface area contributed by atoms with Crippen molar-refractivity contribution < 1.29 is 32.7 Å². The van der Waals surface area contributed by atoms with E-state index in [2.05, 4.69) is 25.9 Å². The Balaban J connectivity index is 1.38. The van der Waals surface area contributed by atoms with Gasteiger partial charge in [-0.15, -0.1) is 0 Å². The summed E-state index contributed by atoms with van der Waals surface area (Å²) in [7, 11) is -3.64. The van der Waals surface area contributed by atoms with E-state index in [0.29, 0.717) is 40.7 Å². The van der Waals surface area contributed by atoms with Crippen LogP contribution in [-0.2, 0) is 13.9 Å². The topological polar surface area (TPSA) is 161 Å². The first-order chi connectivity index (χ1) is 20.6. The molecule has 0 bridgehead atoms. The van der Waals surface area contributed by atoms with Crippen molar-refractivity contribution in [2.24, 2.45) is 0 Å². The third-order valence-electron chi connectivity index (χ3n) is 6.60. The van der Waals surface area contributed by atoms with Crippen molar-refractivity contribution in [2.75, 3.05) is 36.2 Å². The zero-order chi connectivity index (χ0) is 31.0. The third kappa shape index (κ3) is 8.16. The van der Waals surface area contributed by atoms with E-state index in [0.717, 1.165) is 0 Å². The first-order valence-electron chi connectivity index (χ1n) is 13.8. The lowest BCUT2D eigenvalue weighted by Gasteiger charge is -2.23. The molecule has 14 heteroatoms. The van der Waals surface area contributed by atoms with Crippen molar-refractivity contribution in [3.63, 3.8) is 0 Å². The highest BCUT2D eigenvalue weighted by Gasteiger charge is 2.29. The van der Waals surface area contributed by atoms with E-state index in [4.69, 9.17) is 13.8 Å². The summed E-state index contributed by atoms with van der Waals surface area (Å²) < 4.78 is 30.2. The summed E-state index contributed by atoms with van der Waals surface area (Å²) >= 11 is 0. The molecule has 1 unspecified atom stereocenters. The minimum absolute atomic E-state index is 0.00786. The van der Waals surface area contributed by atoms with Crippen LogP contribution in [0, 0.1) is 6.92 Å². The van der Waals surface area contributed by atoms with Crippen LogP contribution in [-0.4, -0.2) is 59.8 Å². The molecule has 3 N–H and O–H groups in total. The zero-order valence-corrected chi connectivity index (χ0v) is 25.4. The molecule has 1 aliphatic rings. The van der Waals surface area contributed by atoms with Crippen molar-refractivity contribution in [1.29, 1.82) is 0 Å². The monoisotopic (exact) mass is 610 g/mol. The highest BCUT2D eigenvalue weighted by molar-refractivity contribution is 7.54. The highest BCUT2D eigenvalue weighted by Crippen LogP contribution is 2.48. The second kappa shape index (κ2) is 14.2. The number of benzene rings is 1. The van der Waals surface area contributed by atoms with E-state index in [1.807, 2.05) is 6.92 Å². The molecule has 4 rings (SSSR count). The van der Waals surface area contributed by atoms with Gasteiger partial charge in [0.1, 0.15) is 24.1 Å². The number of nitrogens with zero attached hydrogens (tertiary/aromatic N) is 3. The summed E-state index contributed by atoms with van der Waals surface area (Å²) in [6, 6.07) is 13.1. The van der Waals surface area contributed by atoms with Gasteiger partial charge in [-0.2, -0.15) is 4.98 Å². The number of Topliss-reactive ketones (excluding diaryl/α,β-unsaturated/α-hetero) is 1. The van der Waals surface area contributed by atoms with Gasteiger partial charge in [0.15, 0.2) is 5.82 Å². The Morgan fingerprint density at radius 1 is 1.14 bits per heavy atom. The second-order valence-corrected chi connectivity index (χ2v) is 11.9. The molecule has 2 amide bonds. The fourth-order valence-electron chi connectivity index (χ4n) is 4.18. The number of anilines is 3. The second-order valence-electron chi connectivity index (χ2n) is 9.77. The maximum atomic E-state index is 13.5. The predicted molar refractivity (Wildman–Crippen MR) is 161 cm³/mol. The van der Waals surface area contributed by atoms with Crippen molar-refractivity contribution in [1.82, 2.24) is 20.6 Å². The van der Waals surface area contributed by atoms with E-state index in [9.17, 15) is 18.9 Å². The molecule has 2 aromatic heterocycles. The lowest BCUT2D eigenvalue weighted by molar-refractivity contribution is -0.118. The van der Waals surface area contributed by atoms with E-state index < -0.39 is 19.7 Å². The number of carbonyl (C=O) groups is 3. The largest absolute Gasteiger partial charge is 0.424 e. The fraction of sp³-hybridized carbons (Fsp3) is 0.345. The Kier molecular flexibility index (Phi) is 10.5. The quantitative estimate of drug-likeness (QED) is 0.138. The van der Waals surface area contributed by atoms with Gasteiger partial charge in [0.25, 0.3) is 5.91 Å². The number of ether oxygens (including phenoxy) is 1. The predicted octanol–water partition coefficient (Wildman–Crippen LogP) is 4.80. The molecule has 0 spiro atoms. The van der Waals surface area contributed by atoms with Gasteiger partial charge in [0.05, 0.1) is 23.5 Å². The number of para-hydroxylation sites is 1. The molecular formula is C29H35N6O7P. The van der Waals surface area contributed by atoms with Crippen molar-refractivity contribution in [3.8, 4) is 11.6 Å². The molecule has 3 heterocycles. The Morgan fingerprint density at radius 3 is 2.63 bits per heavy atom. The number of rotatable bonds is 13. The molecular weight excluding hydrogens is 575 g/mol. The van der Waals surface area contributed by atoms with Crippen LogP contribution >= 0.6 is 7.60 Å². The van der Waals surface area contributed by atoms with Gasteiger partial charge in [0.2, 0.25) is 5.88 Å². The van der Waals surface area contributed by atoms with Crippen molar-refractivity contribution >= 4 is 42.7 Å². The first kappa shape index (κ1) is 31.6. The molecule has 0 aliphatic carbocycles. The Bertz CT molecular complexity index is 1520. The zero-order valence-electron chi connectivity index (χ0n) is 24.5. The van der Waals surface area contributed by atoms with Gasteiger partial charge in [-0.3, -0.25) is 19.4 Å². The average molecular weight is 611 g/mol. The van der Waals surface area contributed by atoms with Crippen LogP contribution in [0.1, 0.15) is 43.1 Å². The van der Waals surface area contributed by atoms with Gasteiger partial charge in [0, 0.05) is 25.4 Å². The maximum Gasteiger partial charge on any atom is 0.413 e. The van der Waals surface area contributed by atoms with Gasteiger partial charge in [-0.1, -0.05) is 18.2 Å². The highest BCUT2D eigenvalue weighted by atomic mass is 31.2. The van der Waals surface area contributed by atoms with Crippen LogP contribution in [0.5, 0.6) is 11.6 Å². The third-order valence-corrected chi connectivity index (χ3v) is 8.47. The van der Waals surface area contributed by atoms with Crippen LogP contribution in [0.15, 0.2) is 54.7 Å². The number of aromatic nitrogens is 2. The smallest absolute Gasteiger partial charge is 0.413 e. The molecule has 13 nitrogen and oxygen atoms in total. The Morgan fingerprint density at radius 2 is 1.91 bits per heavy atom. The van der Waals surface area contributed by atoms with Gasteiger partial charge >= 0.3 is 13.7 Å². The number of ketones is 1. The fourth-order valence-corrected chi connectivity index (χ4v) is 5.71. The first-order valence-corrected chi connectivity index (χ1v) is 15.6. The van der Waals surface area contributed by atoms with Crippen LogP contribution < -0.4 is 30.1 Å². The van der Waals surface area contributed by atoms with E-state index in [-0.39, 0.29) is 43.4 Å². The molecule has 2 atom stereocenters. The number of carbonyl (C=O) groups excluding carboxylic acids is 3. The minimum Gasteiger partial charge on any atom is -0.424 e. The van der Waals surface area contributed by atoms with E-state index >= 15 is 0 Å². The molecule has 0 fully saturated rings. The summed E-state index contributed by atoms with van der Waals surface area (Å²) in [5.41, 5.74) is 1.55. The molecule has 0 radical (unpaired) electrons. The lowest BCUT2D eigenvalue weighted by Crippen LogP contribution is -2.34. The molecule has 0 saturated carbocycles. The van der Waals surface area contributed by atoms with Crippen molar-refractivity contribution in [2.45, 2.75) is 40.2 Å². The van der Waals surface area contributed by atoms with Crippen molar-refractivity contribution in [3.05, 3.63) is 65.9 Å². The number of amides is 2. The SMILES string of the molecule is CCN1c2ncccc2C(=O)Nc2c(C)cc(OC(=O)NCCCP(=O)(OCN[C@@H](C)C(C)=O)Oc3ccccc3)nc21. The number of aryl methyl sites for hydroxylation is 1. The van der Waals surface area contributed by atoms with Crippen LogP contribution in [0.2, 0.25) is 0 Å². The van der Waals surface area contributed by atoms with Gasteiger partial charge in [-0.25, -0.2) is 14.3 Å². The molecule has 1 aliphatic heterocycles. The molecule has 1 aromatic carbocycles. The number of pyridine rings is 2. The molecule has 43 heavy (non-hydrogen) atoms. The van der Waals surface area contributed by atoms with Gasteiger partial charge in [-0.05, 0) is 63.9 Å². The molecule has 0 saturated heterocycles. The average Bonchev–Trinajstić information content (AvgIpc) is 3.10. The van der Waals surface area contributed by atoms with Gasteiger partial charge < -0.3 is 24.8 Å². The summed E-state index contributed by atoms with van der Waals surface area (Å²) in [6.07, 6.45) is 1.07. The standard InChI is InChI=1S/C29H35N6O7P/c1-5-35-26-23(13-9-14-30-26)28(37)34-25-19(2)17-24(33-27(25)35)41-29(38)31-15-10-16-43(39,40-18-32-20(3)21(4)36)42-22-11-7-6-8-12-22/h6-9,11-14,17,20,32H,5,10,15-16,18H2,1-4H3,(H,31,38)(H,34,37)/t20-,43?/m0/s1. The Hall–Kier alpha value is -4.32. The summed E-state index contributed by atoms with van der Waals surface area (Å²) in [5.74, 6) is 0.867. The normalized spacial score (nSPS) is 14.3. The van der Waals surface area contributed by atoms with E-state index in [1.54, 1.807) is 73.5 Å². The van der Waals surface area contributed by atoms with E-state index in [1.165, 1.54) is 6.92 Å². The number of nitrogens with one attached hydrogen (secondary N) is 3.